The molecule has 0 atom stereocenters. The van der Waals surface area contributed by atoms with E-state index in [1.54, 1.807) is 11.7 Å². The van der Waals surface area contributed by atoms with Crippen molar-refractivity contribution in [3.8, 4) is 0 Å². The van der Waals surface area contributed by atoms with Gasteiger partial charge in [0.05, 0.1) is 10.4 Å². The normalized spacial score (nSPS) is 15.7. The number of nitrogens with one attached hydrogen (secondary N) is 1. The number of piperidine rings is 1. The Kier molecular flexibility index (Phi) is 5.79. The van der Waals surface area contributed by atoms with Gasteiger partial charge in [0.15, 0.2) is 0 Å². The maximum Gasteiger partial charge on any atom is 0.407 e. The van der Waals surface area contributed by atoms with Crippen LogP contribution >= 0.6 is 11.3 Å². The van der Waals surface area contributed by atoms with Gasteiger partial charge in [-0.25, -0.2) is 9.59 Å². The number of hydrogen-bond donors (Lipinski definition) is 2. The quantitative estimate of drug-likeness (QED) is 0.869. The summed E-state index contributed by atoms with van der Waals surface area (Å²) in [5.74, 6) is 0.461. The van der Waals surface area contributed by atoms with Crippen molar-refractivity contribution in [2.24, 2.45) is 5.92 Å². The van der Waals surface area contributed by atoms with Gasteiger partial charge in [0, 0.05) is 25.8 Å². The van der Waals surface area contributed by atoms with E-state index in [1.807, 2.05) is 0 Å². The first-order valence-corrected chi connectivity index (χ1v) is 7.79. The highest BCUT2D eigenvalue weighted by Crippen LogP contribution is 2.19. The van der Waals surface area contributed by atoms with Gasteiger partial charge in [-0.3, -0.25) is 4.98 Å². The van der Waals surface area contributed by atoms with Crippen LogP contribution in [-0.4, -0.2) is 46.8 Å². The van der Waals surface area contributed by atoms with Crippen LogP contribution in [0, 0.1) is 5.92 Å². The Labute approximate surface area is 126 Å². The fourth-order valence-electron chi connectivity index (χ4n) is 2.29. The summed E-state index contributed by atoms with van der Waals surface area (Å²) < 4.78 is 5.06. The first-order valence-electron chi connectivity index (χ1n) is 6.91. The number of thiazole rings is 1. The maximum absolute atomic E-state index is 11.5. The lowest BCUT2D eigenvalue weighted by atomic mass is 9.94. The van der Waals surface area contributed by atoms with Crippen LogP contribution in [0.2, 0.25) is 0 Å². The van der Waals surface area contributed by atoms with Crippen molar-refractivity contribution in [1.29, 1.82) is 0 Å². The van der Waals surface area contributed by atoms with E-state index in [1.165, 1.54) is 16.2 Å². The number of nitrogens with zero attached hydrogens (tertiary/aromatic N) is 2. The third-order valence-corrected chi connectivity index (χ3v) is 4.29. The van der Waals surface area contributed by atoms with Crippen molar-refractivity contribution in [2.75, 3.05) is 19.6 Å². The zero-order valence-corrected chi connectivity index (χ0v) is 12.5. The number of likely N-dealkylation sites (tertiary alicyclic amines) is 1. The Morgan fingerprint density at radius 1 is 1.48 bits per heavy atom. The van der Waals surface area contributed by atoms with Gasteiger partial charge in [-0.2, -0.15) is 0 Å². The largest absolute Gasteiger partial charge is 0.465 e. The molecule has 2 rings (SSSR count). The molecule has 0 aliphatic carbocycles. The number of hydrogen-bond acceptors (Lipinski definition) is 5. The fourth-order valence-corrected chi connectivity index (χ4v) is 2.80. The molecule has 8 heteroatoms. The summed E-state index contributed by atoms with van der Waals surface area (Å²) in [5.41, 5.74) is 1.69. The van der Waals surface area contributed by atoms with Crippen LogP contribution < -0.4 is 5.32 Å². The second-order valence-electron chi connectivity index (χ2n) is 4.97. The lowest BCUT2D eigenvalue weighted by molar-refractivity contribution is 0.122. The summed E-state index contributed by atoms with van der Waals surface area (Å²) >= 11 is 1.45. The molecule has 2 heterocycles. The Morgan fingerprint density at radius 2 is 2.24 bits per heavy atom. The standard InChI is InChI=1S/C13H19N3O4S/c17-12(20-8-11-7-14-9-21-11)15-4-1-10-2-5-16(6-3-10)13(18)19/h7,9-10H,1-6,8H2,(H,15,17)(H,18,19). The highest BCUT2D eigenvalue weighted by Gasteiger charge is 2.21. The van der Waals surface area contributed by atoms with Gasteiger partial charge in [-0.05, 0) is 25.2 Å². The molecule has 0 radical (unpaired) electrons. The first kappa shape index (κ1) is 15.6. The van der Waals surface area contributed by atoms with E-state index in [2.05, 4.69) is 10.3 Å². The molecule has 0 bridgehead atoms. The van der Waals surface area contributed by atoms with E-state index in [-0.39, 0.29) is 6.61 Å². The van der Waals surface area contributed by atoms with Crippen LogP contribution in [0.4, 0.5) is 9.59 Å². The van der Waals surface area contributed by atoms with Crippen LogP contribution in [0.1, 0.15) is 24.1 Å². The van der Waals surface area contributed by atoms with Gasteiger partial charge in [-0.15, -0.1) is 11.3 Å². The molecule has 0 unspecified atom stereocenters. The second-order valence-corrected chi connectivity index (χ2v) is 5.94. The molecule has 2 amide bonds. The topological polar surface area (TPSA) is 91.8 Å². The Hall–Kier alpha value is -1.83. The molecule has 0 saturated carbocycles. The average Bonchev–Trinajstić information content (AvgIpc) is 2.99. The molecular formula is C13H19N3O4S. The molecule has 1 aliphatic rings. The van der Waals surface area contributed by atoms with Gasteiger partial charge in [0.1, 0.15) is 6.61 Å². The van der Waals surface area contributed by atoms with Crippen LogP contribution in [0.3, 0.4) is 0 Å². The predicted octanol–water partition coefficient (Wildman–Crippen LogP) is 2.15. The molecule has 1 aliphatic heterocycles. The number of rotatable bonds is 5. The SMILES string of the molecule is O=C(NCCC1CCN(C(=O)O)CC1)OCc1cncs1. The minimum absolute atomic E-state index is 0.244. The second kappa shape index (κ2) is 7.82. The average molecular weight is 313 g/mol. The van der Waals surface area contributed by atoms with Crippen LogP contribution in [0.15, 0.2) is 11.7 Å². The van der Waals surface area contributed by atoms with E-state index in [4.69, 9.17) is 9.84 Å². The number of alkyl carbamates (subject to hydrolysis) is 1. The van der Waals surface area contributed by atoms with E-state index in [0.717, 1.165) is 24.1 Å². The highest BCUT2D eigenvalue weighted by atomic mass is 32.1. The lowest BCUT2D eigenvalue weighted by Gasteiger charge is -2.29. The van der Waals surface area contributed by atoms with Crippen LogP contribution in [-0.2, 0) is 11.3 Å². The molecule has 21 heavy (non-hydrogen) atoms. The van der Waals surface area contributed by atoms with Crippen molar-refractivity contribution < 1.29 is 19.4 Å². The number of carbonyl (C=O) groups excluding carboxylic acids is 1. The molecule has 116 valence electrons. The molecule has 1 aromatic rings. The zero-order chi connectivity index (χ0) is 15.1. The summed E-state index contributed by atoms with van der Waals surface area (Å²) in [6.45, 7) is 1.96. The number of ether oxygens (including phenoxy) is 1. The monoisotopic (exact) mass is 313 g/mol. The molecular weight excluding hydrogens is 294 g/mol. The Bertz CT molecular complexity index is 458. The summed E-state index contributed by atoms with van der Waals surface area (Å²) in [6, 6.07) is 0. The van der Waals surface area contributed by atoms with Crippen molar-refractivity contribution >= 4 is 23.5 Å². The summed E-state index contributed by atoms with van der Waals surface area (Å²) in [7, 11) is 0. The number of carbonyl (C=O) groups is 2. The number of amides is 2. The maximum atomic E-state index is 11.5. The first-order chi connectivity index (χ1) is 10.1. The lowest BCUT2D eigenvalue weighted by Crippen LogP contribution is -2.38. The van der Waals surface area contributed by atoms with E-state index in [9.17, 15) is 9.59 Å². The van der Waals surface area contributed by atoms with Crippen LogP contribution in [0.25, 0.3) is 0 Å². The van der Waals surface area contributed by atoms with E-state index in [0.29, 0.717) is 25.6 Å². The molecule has 2 N–H and O–H groups in total. The Morgan fingerprint density at radius 3 is 2.86 bits per heavy atom. The number of aromatic nitrogens is 1. The van der Waals surface area contributed by atoms with E-state index >= 15 is 0 Å². The zero-order valence-electron chi connectivity index (χ0n) is 11.7. The summed E-state index contributed by atoms with van der Waals surface area (Å²) in [4.78, 5) is 28.5. The highest BCUT2D eigenvalue weighted by molar-refractivity contribution is 7.09. The minimum Gasteiger partial charge on any atom is -0.465 e. The third kappa shape index (κ3) is 5.22. The summed E-state index contributed by atoms with van der Waals surface area (Å²) in [5, 5.41) is 11.6. The van der Waals surface area contributed by atoms with Crippen molar-refractivity contribution in [3.05, 3.63) is 16.6 Å². The van der Waals surface area contributed by atoms with Crippen molar-refractivity contribution in [1.82, 2.24) is 15.2 Å². The van der Waals surface area contributed by atoms with Gasteiger partial charge in [0.25, 0.3) is 0 Å². The minimum atomic E-state index is -0.849. The molecule has 1 aromatic heterocycles. The smallest absolute Gasteiger partial charge is 0.407 e. The predicted molar refractivity (Wildman–Crippen MR) is 77.2 cm³/mol. The van der Waals surface area contributed by atoms with E-state index < -0.39 is 12.2 Å². The molecule has 1 fully saturated rings. The molecule has 7 nitrogen and oxygen atoms in total. The fraction of sp³-hybridized carbons (Fsp3) is 0.615. The van der Waals surface area contributed by atoms with Gasteiger partial charge < -0.3 is 20.1 Å². The summed E-state index contributed by atoms with van der Waals surface area (Å²) in [6.07, 6.45) is 2.95. The third-order valence-electron chi connectivity index (χ3n) is 3.54. The number of carboxylic acid groups (broad SMARTS) is 1. The van der Waals surface area contributed by atoms with Crippen LogP contribution in [0.5, 0.6) is 0 Å². The molecule has 1 saturated heterocycles. The Balaban J connectivity index is 1.55. The van der Waals surface area contributed by atoms with Gasteiger partial charge >= 0.3 is 12.2 Å². The van der Waals surface area contributed by atoms with Gasteiger partial charge in [0.2, 0.25) is 0 Å². The van der Waals surface area contributed by atoms with Gasteiger partial charge in [-0.1, -0.05) is 0 Å². The molecule has 0 aromatic carbocycles. The van der Waals surface area contributed by atoms with Crippen molar-refractivity contribution in [3.63, 3.8) is 0 Å². The van der Waals surface area contributed by atoms with Crippen molar-refractivity contribution in [2.45, 2.75) is 25.9 Å². The molecule has 0 spiro atoms.